The van der Waals surface area contributed by atoms with E-state index in [9.17, 15) is 18.7 Å². The van der Waals surface area contributed by atoms with Gasteiger partial charge in [0, 0.05) is 18.0 Å². The van der Waals surface area contributed by atoms with E-state index in [0.717, 1.165) is 22.4 Å². The maximum absolute atomic E-state index is 13.9. The molecule has 0 bridgehead atoms. The van der Waals surface area contributed by atoms with E-state index in [-0.39, 0.29) is 41.6 Å². The van der Waals surface area contributed by atoms with Gasteiger partial charge in [-0.25, -0.2) is 13.6 Å². The minimum Gasteiger partial charge on any atom is -0.494 e. The fourth-order valence-electron chi connectivity index (χ4n) is 4.21. The van der Waals surface area contributed by atoms with Gasteiger partial charge in [-0.1, -0.05) is 30.3 Å². The van der Waals surface area contributed by atoms with Crippen LogP contribution in [0.1, 0.15) is 39.4 Å². The second kappa shape index (κ2) is 11.3. The molecule has 1 aliphatic rings. The van der Waals surface area contributed by atoms with E-state index in [2.05, 4.69) is 5.32 Å². The van der Waals surface area contributed by atoms with Gasteiger partial charge in [-0.3, -0.25) is 0 Å². The van der Waals surface area contributed by atoms with Crippen molar-refractivity contribution in [1.29, 1.82) is 0 Å². The number of para-hydroxylation sites is 1. The fraction of sp³-hybridized carbons (Fsp3) is 0.269. The molecule has 180 valence electrons. The molecule has 0 radical (unpaired) electrons. The van der Waals surface area contributed by atoms with Crippen molar-refractivity contribution in [2.24, 2.45) is 0 Å². The van der Waals surface area contributed by atoms with Gasteiger partial charge in [0.2, 0.25) is 0 Å². The molecule has 0 aliphatic carbocycles. The Hall–Kier alpha value is -3.16. The number of hydrogen-bond donors (Lipinski definition) is 2. The third kappa shape index (κ3) is 5.66. The molecule has 2 N–H and O–H groups in total. The molecule has 3 aromatic carbocycles. The average Bonchev–Trinajstić information content (AvgIpc) is 2.82. The zero-order valence-corrected chi connectivity index (χ0v) is 19.4. The van der Waals surface area contributed by atoms with Gasteiger partial charge in [0.05, 0.1) is 12.7 Å². The van der Waals surface area contributed by atoms with Gasteiger partial charge < -0.3 is 19.9 Å². The number of carboxylic acids is 1. The molecule has 34 heavy (non-hydrogen) atoms. The van der Waals surface area contributed by atoms with E-state index in [0.29, 0.717) is 25.9 Å². The van der Waals surface area contributed by atoms with Crippen LogP contribution in [0.25, 0.3) is 0 Å². The lowest BCUT2D eigenvalue weighted by Crippen LogP contribution is -2.36. The third-order valence-corrected chi connectivity index (χ3v) is 5.89. The van der Waals surface area contributed by atoms with Crippen molar-refractivity contribution in [3.05, 3.63) is 94.6 Å². The number of nitrogens with one attached hydrogen (secondary N) is 1. The Balaban J connectivity index is 0.00000324. The molecule has 1 aliphatic heterocycles. The van der Waals surface area contributed by atoms with Crippen LogP contribution >= 0.6 is 12.4 Å². The standard InChI is InChI=1S/C26H25F2NO4.ClH/c1-32-25-12-16(6-8-23(25)28)10-11-29-15-18-14-20(19-4-2-3-5-24(19)33-18)17-7-9-22(27)21(13-17)26(30)31;/h2-9,12-13,18,20,29H,10-11,14-15H2,1H3,(H,30,31);1H. The quantitative estimate of drug-likeness (QED) is 0.425. The minimum atomic E-state index is -1.29. The molecule has 4 rings (SSSR count). The van der Waals surface area contributed by atoms with Crippen molar-refractivity contribution >= 4 is 18.4 Å². The van der Waals surface area contributed by atoms with E-state index in [4.69, 9.17) is 9.47 Å². The summed E-state index contributed by atoms with van der Waals surface area (Å²) in [5.74, 6) is -1.57. The Morgan fingerprint density at radius 3 is 2.65 bits per heavy atom. The van der Waals surface area contributed by atoms with Crippen molar-refractivity contribution in [1.82, 2.24) is 5.32 Å². The number of carboxylic acid groups (broad SMARTS) is 1. The molecule has 1 heterocycles. The maximum Gasteiger partial charge on any atom is 0.338 e. The van der Waals surface area contributed by atoms with Gasteiger partial charge >= 0.3 is 5.97 Å². The molecular weight excluding hydrogens is 464 g/mol. The molecule has 2 atom stereocenters. The van der Waals surface area contributed by atoms with Crippen LogP contribution in [0.5, 0.6) is 11.5 Å². The molecule has 8 heteroatoms. The Bertz CT molecular complexity index is 1160. The summed E-state index contributed by atoms with van der Waals surface area (Å²) in [6.45, 7) is 1.25. The molecule has 0 saturated carbocycles. The van der Waals surface area contributed by atoms with Gasteiger partial charge in [0.25, 0.3) is 0 Å². The highest BCUT2D eigenvalue weighted by atomic mass is 35.5. The predicted octanol–water partition coefficient (Wildman–Crippen LogP) is 5.21. The van der Waals surface area contributed by atoms with Gasteiger partial charge in [-0.05, 0) is 60.8 Å². The summed E-state index contributed by atoms with van der Waals surface area (Å²) in [7, 11) is 1.44. The van der Waals surface area contributed by atoms with Crippen LogP contribution in [0.3, 0.4) is 0 Å². The van der Waals surface area contributed by atoms with Crippen molar-refractivity contribution in [2.45, 2.75) is 24.9 Å². The molecule has 0 aromatic heterocycles. The Morgan fingerprint density at radius 2 is 1.88 bits per heavy atom. The lowest BCUT2D eigenvalue weighted by atomic mass is 9.83. The lowest BCUT2D eigenvalue weighted by Gasteiger charge is -2.33. The largest absolute Gasteiger partial charge is 0.494 e. The normalized spacial score (nSPS) is 16.7. The van der Waals surface area contributed by atoms with Crippen LogP contribution in [0.2, 0.25) is 0 Å². The van der Waals surface area contributed by atoms with Crippen LogP contribution in [0.15, 0.2) is 60.7 Å². The summed E-state index contributed by atoms with van der Waals surface area (Å²) < 4.78 is 38.7. The van der Waals surface area contributed by atoms with E-state index >= 15 is 0 Å². The number of rotatable bonds is 8. The molecule has 5 nitrogen and oxygen atoms in total. The van der Waals surface area contributed by atoms with Crippen LogP contribution in [-0.2, 0) is 6.42 Å². The van der Waals surface area contributed by atoms with Gasteiger partial charge in [-0.2, -0.15) is 0 Å². The monoisotopic (exact) mass is 489 g/mol. The van der Waals surface area contributed by atoms with Crippen molar-refractivity contribution in [3.8, 4) is 11.5 Å². The summed E-state index contributed by atoms with van der Waals surface area (Å²) in [4.78, 5) is 11.4. The number of halogens is 3. The summed E-state index contributed by atoms with van der Waals surface area (Å²) in [5, 5.41) is 12.7. The van der Waals surface area contributed by atoms with Crippen molar-refractivity contribution < 1.29 is 28.2 Å². The number of benzene rings is 3. The Morgan fingerprint density at radius 1 is 1.12 bits per heavy atom. The van der Waals surface area contributed by atoms with Crippen LogP contribution in [0.4, 0.5) is 8.78 Å². The van der Waals surface area contributed by atoms with E-state index < -0.39 is 11.8 Å². The SMILES string of the molecule is COc1cc(CCNCC2CC(c3ccc(F)c(C(=O)O)c3)c3ccccc3O2)ccc1F.Cl. The molecule has 0 amide bonds. The molecule has 2 unspecified atom stereocenters. The Labute approximate surface area is 203 Å². The van der Waals surface area contributed by atoms with Crippen LogP contribution in [0, 0.1) is 11.6 Å². The maximum atomic E-state index is 13.9. The molecule has 0 spiro atoms. The average molecular weight is 490 g/mol. The number of aromatic carboxylic acids is 1. The molecule has 3 aromatic rings. The van der Waals surface area contributed by atoms with E-state index in [1.165, 1.54) is 25.3 Å². The highest BCUT2D eigenvalue weighted by Crippen LogP contribution is 2.40. The minimum absolute atomic E-state index is 0. The van der Waals surface area contributed by atoms with E-state index in [1.807, 2.05) is 24.3 Å². The summed E-state index contributed by atoms with van der Waals surface area (Å²) in [6, 6.07) is 16.7. The number of carbonyl (C=O) groups is 1. The summed E-state index contributed by atoms with van der Waals surface area (Å²) in [6.07, 6.45) is 1.17. The first kappa shape index (κ1) is 25.5. The number of fused-ring (bicyclic) bond motifs is 1. The third-order valence-electron chi connectivity index (χ3n) is 5.89. The summed E-state index contributed by atoms with van der Waals surface area (Å²) in [5.41, 5.74) is 2.32. The number of hydrogen-bond acceptors (Lipinski definition) is 4. The smallest absolute Gasteiger partial charge is 0.338 e. The fourth-order valence-corrected chi connectivity index (χ4v) is 4.21. The lowest BCUT2D eigenvalue weighted by molar-refractivity contribution is 0.0691. The zero-order valence-electron chi connectivity index (χ0n) is 18.6. The molecule has 0 fully saturated rings. The second-order valence-corrected chi connectivity index (χ2v) is 8.03. The number of methoxy groups -OCH3 is 1. The molecule has 0 saturated heterocycles. The topological polar surface area (TPSA) is 67.8 Å². The van der Waals surface area contributed by atoms with Crippen LogP contribution in [-0.4, -0.2) is 37.4 Å². The predicted molar refractivity (Wildman–Crippen MR) is 127 cm³/mol. The zero-order chi connectivity index (χ0) is 23.4. The Kier molecular flexibility index (Phi) is 8.47. The first-order valence-electron chi connectivity index (χ1n) is 10.8. The van der Waals surface area contributed by atoms with Gasteiger partial charge in [0.15, 0.2) is 11.6 Å². The highest BCUT2D eigenvalue weighted by Gasteiger charge is 2.30. The molecular formula is C26H26ClF2NO4. The summed E-state index contributed by atoms with van der Waals surface area (Å²) >= 11 is 0. The van der Waals surface area contributed by atoms with E-state index in [1.54, 1.807) is 18.2 Å². The number of ether oxygens (including phenoxy) is 2. The van der Waals surface area contributed by atoms with Gasteiger partial charge in [0.1, 0.15) is 17.7 Å². The highest BCUT2D eigenvalue weighted by molar-refractivity contribution is 5.88. The van der Waals surface area contributed by atoms with Crippen molar-refractivity contribution in [2.75, 3.05) is 20.2 Å². The second-order valence-electron chi connectivity index (χ2n) is 8.03. The van der Waals surface area contributed by atoms with Crippen LogP contribution < -0.4 is 14.8 Å². The van der Waals surface area contributed by atoms with Crippen molar-refractivity contribution in [3.63, 3.8) is 0 Å². The first-order chi connectivity index (χ1) is 16.0. The first-order valence-corrected chi connectivity index (χ1v) is 10.8. The van der Waals surface area contributed by atoms with Gasteiger partial charge in [-0.15, -0.1) is 12.4 Å².